The van der Waals surface area contributed by atoms with Gasteiger partial charge in [-0.25, -0.2) is 15.0 Å². The summed E-state index contributed by atoms with van der Waals surface area (Å²) < 4.78 is 1.68. The average Bonchev–Trinajstić information content (AvgIpc) is 3.04. The van der Waals surface area contributed by atoms with Crippen molar-refractivity contribution in [3.8, 4) is 0 Å². The third kappa shape index (κ3) is 2.44. The highest BCUT2D eigenvalue weighted by Crippen LogP contribution is 2.33. The summed E-state index contributed by atoms with van der Waals surface area (Å²) in [4.78, 5) is 29.3. The van der Waals surface area contributed by atoms with Crippen molar-refractivity contribution in [2.45, 2.75) is 39.2 Å². The van der Waals surface area contributed by atoms with Crippen molar-refractivity contribution in [3.63, 3.8) is 0 Å². The molecule has 0 aliphatic heterocycles. The second kappa shape index (κ2) is 5.99. The second-order valence-corrected chi connectivity index (χ2v) is 7.90. The van der Waals surface area contributed by atoms with Crippen LogP contribution in [0.1, 0.15) is 34.7 Å². The lowest BCUT2D eigenvalue weighted by atomic mass is 9.97. The Labute approximate surface area is 154 Å². The predicted molar refractivity (Wildman–Crippen MR) is 104 cm³/mol. The van der Waals surface area contributed by atoms with Gasteiger partial charge in [-0.05, 0) is 50.3 Å². The summed E-state index contributed by atoms with van der Waals surface area (Å²) in [5.41, 5.74) is 4.66. The van der Waals surface area contributed by atoms with Crippen LogP contribution < -0.4 is 5.56 Å². The van der Waals surface area contributed by atoms with E-state index >= 15 is 0 Å². The van der Waals surface area contributed by atoms with Gasteiger partial charge >= 0.3 is 0 Å². The molecule has 6 heteroatoms. The van der Waals surface area contributed by atoms with E-state index in [4.69, 9.17) is 4.98 Å². The van der Waals surface area contributed by atoms with Gasteiger partial charge in [0.1, 0.15) is 4.83 Å². The Morgan fingerprint density at radius 2 is 1.88 bits per heavy atom. The molecule has 5 rings (SSSR count). The van der Waals surface area contributed by atoms with Crippen LogP contribution in [0.25, 0.3) is 21.3 Å². The van der Waals surface area contributed by atoms with Gasteiger partial charge in [0.25, 0.3) is 5.56 Å². The molecule has 5 nitrogen and oxygen atoms in total. The van der Waals surface area contributed by atoms with E-state index in [2.05, 4.69) is 9.97 Å². The number of rotatable bonds is 2. The first-order chi connectivity index (χ1) is 12.7. The van der Waals surface area contributed by atoms with E-state index < -0.39 is 0 Å². The molecule has 1 aliphatic rings. The van der Waals surface area contributed by atoms with Gasteiger partial charge in [-0.1, -0.05) is 12.1 Å². The van der Waals surface area contributed by atoms with Crippen molar-refractivity contribution in [2.24, 2.45) is 0 Å². The second-order valence-electron chi connectivity index (χ2n) is 6.81. The fourth-order valence-electron chi connectivity index (χ4n) is 3.73. The monoisotopic (exact) mass is 362 g/mol. The molecule has 0 spiro atoms. The first-order valence-corrected chi connectivity index (χ1v) is 9.74. The third-order valence-electron chi connectivity index (χ3n) is 5.10. The quantitative estimate of drug-likeness (QED) is 0.546. The molecule has 3 heterocycles. The van der Waals surface area contributed by atoms with Gasteiger partial charge in [0.15, 0.2) is 0 Å². The predicted octanol–water partition coefficient (Wildman–Crippen LogP) is 3.64. The minimum atomic E-state index is 0.0451. The standard InChI is InChI=1S/C20H18N4OS/c1-12-16(23-15-8-4-3-7-14(15)22-12)10-24-11-21-19-18(20(24)25)13-6-2-5-9-17(13)26-19/h3-4,7-8,11H,2,5-6,9-10H2,1H3. The van der Waals surface area contributed by atoms with E-state index in [1.165, 1.54) is 16.9 Å². The molecule has 0 unspecified atom stereocenters. The van der Waals surface area contributed by atoms with Crippen molar-refractivity contribution in [1.29, 1.82) is 0 Å². The lowest BCUT2D eigenvalue weighted by molar-refractivity contribution is 0.695. The highest BCUT2D eigenvalue weighted by atomic mass is 32.1. The zero-order valence-electron chi connectivity index (χ0n) is 14.5. The first kappa shape index (κ1) is 15.6. The van der Waals surface area contributed by atoms with Crippen molar-refractivity contribution < 1.29 is 0 Å². The molecule has 0 radical (unpaired) electrons. The maximum absolute atomic E-state index is 13.1. The largest absolute Gasteiger partial charge is 0.293 e. The summed E-state index contributed by atoms with van der Waals surface area (Å²) in [6, 6.07) is 7.81. The number of fused-ring (bicyclic) bond motifs is 4. The smallest absolute Gasteiger partial charge is 0.262 e. The van der Waals surface area contributed by atoms with Gasteiger partial charge in [-0.15, -0.1) is 11.3 Å². The van der Waals surface area contributed by atoms with Crippen LogP contribution in [0.3, 0.4) is 0 Å². The number of nitrogens with zero attached hydrogens (tertiary/aromatic N) is 4. The topological polar surface area (TPSA) is 60.7 Å². The lowest BCUT2D eigenvalue weighted by Crippen LogP contribution is -2.22. The Morgan fingerprint density at radius 3 is 2.73 bits per heavy atom. The van der Waals surface area contributed by atoms with Crippen molar-refractivity contribution in [1.82, 2.24) is 19.5 Å². The zero-order chi connectivity index (χ0) is 17.7. The fourth-order valence-corrected chi connectivity index (χ4v) is 4.95. The molecule has 0 saturated heterocycles. The highest BCUT2D eigenvalue weighted by Gasteiger charge is 2.20. The molecule has 0 atom stereocenters. The van der Waals surface area contributed by atoms with Crippen LogP contribution in [0, 0.1) is 6.92 Å². The van der Waals surface area contributed by atoms with Gasteiger partial charge in [0.05, 0.1) is 40.7 Å². The molecule has 1 aromatic carbocycles. The maximum atomic E-state index is 13.1. The normalized spacial score (nSPS) is 14.0. The number of hydrogen-bond donors (Lipinski definition) is 0. The van der Waals surface area contributed by atoms with E-state index in [-0.39, 0.29) is 5.56 Å². The number of thiophene rings is 1. The molecular weight excluding hydrogens is 344 g/mol. The summed E-state index contributed by atoms with van der Waals surface area (Å²) in [5, 5.41) is 0.818. The van der Waals surface area contributed by atoms with E-state index in [0.29, 0.717) is 6.54 Å². The molecule has 0 bridgehead atoms. The van der Waals surface area contributed by atoms with Crippen LogP contribution in [0.15, 0.2) is 35.4 Å². The first-order valence-electron chi connectivity index (χ1n) is 8.92. The zero-order valence-corrected chi connectivity index (χ0v) is 15.3. The van der Waals surface area contributed by atoms with Gasteiger partial charge in [-0.3, -0.25) is 9.36 Å². The van der Waals surface area contributed by atoms with Crippen LogP contribution in [0.4, 0.5) is 0 Å². The minimum Gasteiger partial charge on any atom is -0.293 e. The molecule has 0 N–H and O–H groups in total. The Kier molecular flexibility index (Phi) is 3.60. The van der Waals surface area contributed by atoms with E-state index in [1.54, 1.807) is 22.2 Å². The molecule has 0 saturated carbocycles. The van der Waals surface area contributed by atoms with Gasteiger partial charge in [-0.2, -0.15) is 0 Å². The van der Waals surface area contributed by atoms with Crippen molar-refractivity contribution in [3.05, 3.63) is 62.8 Å². The summed E-state index contributed by atoms with van der Waals surface area (Å²) in [7, 11) is 0. The van der Waals surface area contributed by atoms with Crippen LogP contribution in [0.5, 0.6) is 0 Å². The number of aromatic nitrogens is 4. The van der Waals surface area contributed by atoms with E-state index in [1.807, 2.05) is 31.2 Å². The highest BCUT2D eigenvalue weighted by molar-refractivity contribution is 7.18. The number of hydrogen-bond acceptors (Lipinski definition) is 5. The third-order valence-corrected chi connectivity index (χ3v) is 6.30. The number of aryl methyl sites for hydroxylation is 3. The van der Waals surface area contributed by atoms with Crippen LogP contribution in [-0.4, -0.2) is 19.5 Å². The lowest BCUT2D eigenvalue weighted by Gasteiger charge is -2.11. The summed E-state index contributed by atoms with van der Waals surface area (Å²) in [5.74, 6) is 0. The van der Waals surface area contributed by atoms with Crippen molar-refractivity contribution >= 4 is 32.6 Å². The van der Waals surface area contributed by atoms with Crippen LogP contribution >= 0.6 is 11.3 Å². The summed E-state index contributed by atoms with van der Waals surface area (Å²) >= 11 is 1.68. The molecule has 4 aromatic rings. The van der Waals surface area contributed by atoms with E-state index in [9.17, 15) is 4.79 Å². The van der Waals surface area contributed by atoms with Crippen LogP contribution in [0.2, 0.25) is 0 Å². The Balaban J connectivity index is 1.63. The SMILES string of the molecule is Cc1nc2ccccc2nc1Cn1cnc2sc3c(c2c1=O)CCCC3. The Hall–Kier alpha value is -2.60. The Bertz CT molecular complexity index is 1210. The molecular formula is C20H18N4OS. The summed E-state index contributed by atoms with van der Waals surface area (Å²) in [6.07, 6.45) is 6.08. The van der Waals surface area contributed by atoms with Crippen LogP contribution in [-0.2, 0) is 19.4 Å². The maximum Gasteiger partial charge on any atom is 0.262 e. The molecule has 0 amide bonds. The molecule has 0 fully saturated rings. The van der Waals surface area contributed by atoms with Gasteiger partial charge in [0.2, 0.25) is 0 Å². The molecule has 26 heavy (non-hydrogen) atoms. The molecule has 3 aromatic heterocycles. The van der Waals surface area contributed by atoms with E-state index in [0.717, 1.165) is 51.9 Å². The number of benzene rings is 1. The van der Waals surface area contributed by atoms with Gasteiger partial charge < -0.3 is 0 Å². The van der Waals surface area contributed by atoms with Gasteiger partial charge in [0, 0.05) is 4.88 Å². The number of para-hydroxylation sites is 2. The fraction of sp³-hybridized carbons (Fsp3) is 0.300. The van der Waals surface area contributed by atoms with Crippen molar-refractivity contribution in [2.75, 3.05) is 0 Å². The average molecular weight is 362 g/mol. The molecule has 130 valence electrons. The minimum absolute atomic E-state index is 0.0451. The molecule has 1 aliphatic carbocycles. The Morgan fingerprint density at radius 1 is 1.12 bits per heavy atom. The summed E-state index contributed by atoms with van der Waals surface area (Å²) in [6.45, 7) is 2.34.